The molecule has 138 valence electrons. The molecule has 3 nitrogen and oxygen atoms in total. The molecule has 0 aliphatic heterocycles. The van der Waals surface area contributed by atoms with Crippen molar-refractivity contribution in [1.29, 1.82) is 0 Å². The molecular weight excluding hydrogens is 376 g/mol. The van der Waals surface area contributed by atoms with E-state index in [0.717, 1.165) is 42.2 Å². The average molecular weight is 407 g/mol. The molecule has 25 heavy (non-hydrogen) atoms. The number of unbranched alkanes of at least 4 members (excludes halogenated alkanes) is 6. The smallest absolute Gasteiger partial charge is 0.224 e. The van der Waals surface area contributed by atoms with E-state index in [1.807, 2.05) is 12.1 Å². The Morgan fingerprint density at radius 2 is 1.84 bits per heavy atom. The summed E-state index contributed by atoms with van der Waals surface area (Å²) in [5.41, 5.74) is 3.29. The van der Waals surface area contributed by atoms with Crippen molar-refractivity contribution in [1.82, 2.24) is 4.98 Å². The van der Waals surface area contributed by atoms with Gasteiger partial charge in [-0.05, 0) is 49.3 Å². The Morgan fingerprint density at radius 1 is 1.04 bits per heavy atom. The Balaban J connectivity index is 1.82. The number of hydrogen-bond donors (Lipinski definition) is 2. The Morgan fingerprint density at radius 3 is 2.64 bits per heavy atom. The molecule has 0 bridgehead atoms. The molecule has 0 aliphatic carbocycles. The highest BCUT2D eigenvalue weighted by Crippen LogP contribution is 2.21. The number of aromatic nitrogens is 1. The van der Waals surface area contributed by atoms with E-state index in [4.69, 9.17) is 0 Å². The number of rotatable bonds is 12. The lowest BCUT2D eigenvalue weighted by Gasteiger charge is -2.05. The first-order chi connectivity index (χ1) is 12.2. The number of nitrogens with one attached hydrogen (secondary N) is 2. The van der Waals surface area contributed by atoms with Gasteiger partial charge in [-0.2, -0.15) is 0 Å². The SMILES string of the molecule is CCCCCC(=O)Nc1ccc2cc(CCCCCCCBr)[nH]c2c1. The molecule has 1 heterocycles. The molecule has 4 heteroatoms. The third-order valence-corrected chi connectivity index (χ3v) is 5.11. The molecule has 0 atom stereocenters. The van der Waals surface area contributed by atoms with Crippen LogP contribution in [0.15, 0.2) is 24.3 Å². The number of fused-ring (bicyclic) bond motifs is 1. The normalized spacial score (nSPS) is 11.1. The molecule has 1 aromatic heterocycles. The number of carbonyl (C=O) groups is 1. The first-order valence-electron chi connectivity index (χ1n) is 9.70. The van der Waals surface area contributed by atoms with Crippen LogP contribution in [-0.4, -0.2) is 16.2 Å². The van der Waals surface area contributed by atoms with Gasteiger partial charge in [-0.1, -0.05) is 61.0 Å². The molecule has 0 spiro atoms. The minimum absolute atomic E-state index is 0.114. The zero-order valence-corrected chi connectivity index (χ0v) is 17.0. The van der Waals surface area contributed by atoms with Crippen LogP contribution in [0, 0.1) is 0 Å². The van der Waals surface area contributed by atoms with E-state index < -0.39 is 0 Å². The van der Waals surface area contributed by atoms with Crippen molar-refractivity contribution in [3.63, 3.8) is 0 Å². The molecule has 1 amide bonds. The number of alkyl halides is 1. The Labute approximate surface area is 160 Å². The predicted molar refractivity (Wildman–Crippen MR) is 112 cm³/mol. The third-order valence-electron chi connectivity index (χ3n) is 4.55. The summed E-state index contributed by atoms with van der Waals surface area (Å²) in [6, 6.07) is 8.37. The van der Waals surface area contributed by atoms with Gasteiger partial charge in [-0.15, -0.1) is 0 Å². The maximum absolute atomic E-state index is 12.0. The van der Waals surface area contributed by atoms with E-state index in [1.54, 1.807) is 0 Å². The summed E-state index contributed by atoms with van der Waals surface area (Å²) in [5, 5.41) is 5.35. The van der Waals surface area contributed by atoms with Gasteiger partial charge in [-0.3, -0.25) is 4.79 Å². The van der Waals surface area contributed by atoms with Gasteiger partial charge in [-0.25, -0.2) is 0 Å². The minimum Gasteiger partial charge on any atom is -0.358 e. The number of aromatic amines is 1. The highest BCUT2D eigenvalue weighted by atomic mass is 79.9. The van der Waals surface area contributed by atoms with E-state index in [1.165, 1.54) is 43.2 Å². The van der Waals surface area contributed by atoms with Crippen LogP contribution >= 0.6 is 15.9 Å². The molecule has 2 N–H and O–H groups in total. The maximum Gasteiger partial charge on any atom is 0.224 e. The molecule has 0 saturated carbocycles. The highest BCUT2D eigenvalue weighted by molar-refractivity contribution is 9.09. The van der Waals surface area contributed by atoms with Crippen LogP contribution in [0.4, 0.5) is 5.69 Å². The number of H-pyrrole nitrogens is 1. The second-order valence-electron chi connectivity index (χ2n) is 6.81. The van der Waals surface area contributed by atoms with Crippen molar-refractivity contribution in [2.45, 2.75) is 71.1 Å². The van der Waals surface area contributed by atoms with Crippen molar-refractivity contribution >= 4 is 38.4 Å². The van der Waals surface area contributed by atoms with Crippen molar-refractivity contribution < 1.29 is 4.79 Å². The summed E-state index contributed by atoms with van der Waals surface area (Å²) in [5.74, 6) is 0.114. The van der Waals surface area contributed by atoms with Gasteiger partial charge in [0.05, 0.1) is 0 Å². The first-order valence-corrected chi connectivity index (χ1v) is 10.8. The molecular formula is C21H31BrN2O. The number of anilines is 1. The van der Waals surface area contributed by atoms with Crippen LogP contribution in [0.3, 0.4) is 0 Å². The summed E-state index contributed by atoms with van der Waals surface area (Å²) in [7, 11) is 0. The molecule has 2 aromatic rings. The molecule has 0 unspecified atom stereocenters. The Kier molecular flexibility index (Phi) is 9.09. The van der Waals surface area contributed by atoms with E-state index in [9.17, 15) is 4.79 Å². The zero-order chi connectivity index (χ0) is 17.9. The highest BCUT2D eigenvalue weighted by Gasteiger charge is 2.05. The zero-order valence-electron chi connectivity index (χ0n) is 15.4. The van der Waals surface area contributed by atoms with Crippen molar-refractivity contribution in [2.75, 3.05) is 10.6 Å². The largest absolute Gasteiger partial charge is 0.358 e. The predicted octanol–water partition coefficient (Wildman–Crippen LogP) is 6.57. The van der Waals surface area contributed by atoms with E-state index in [0.29, 0.717) is 6.42 Å². The molecule has 0 radical (unpaired) electrons. The van der Waals surface area contributed by atoms with Crippen LogP contribution in [0.5, 0.6) is 0 Å². The van der Waals surface area contributed by atoms with E-state index in [-0.39, 0.29) is 5.91 Å². The first kappa shape index (κ1) is 20.0. The van der Waals surface area contributed by atoms with Gasteiger partial charge in [0.25, 0.3) is 0 Å². The van der Waals surface area contributed by atoms with Crippen LogP contribution in [0.25, 0.3) is 10.9 Å². The Bertz CT molecular complexity index is 650. The van der Waals surface area contributed by atoms with Crippen molar-refractivity contribution in [2.24, 2.45) is 0 Å². The van der Waals surface area contributed by atoms with Gasteiger partial charge in [0.15, 0.2) is 0 Å². The summed E-state index contributed by atoms with van der Waals surface area (Å²) >= 11 is 3.48. The van der Waals surface area contributed by atoms with Gasteiger partial charge >= 0.3 is 0 Å². The second-order valence-corrected chi connectivity index (χ2v) is 7.60. The van der Waals surface area contributed by atoms with Crippen LogP contribution in [-0.2, 0) is 11.2 Å². The number of halogens is 1. The van der Waals surface area contributed by atoms with E-state index >= 15 is 0 Å². The minimum atomic E-state index is 0.114. The number of aryl methyl sites for hydroxylation is 1. The molecule has 0 saturated heterocycles. The van der Waals surface area contributed by atoms with Gasteiger partial charge in [0.2, 0.25) is 5.91 Å². The summed E-state index contributed by atoms with van der Waals surface area (Å²) in [6.07, 6.45) is 11.4. The number of amides is 1. The Hall–Kier alpha value is -1.29. The quantitative estimate of drug-likeness (QED) is 0.303. The summed E-state index contributed by atoms with van der Waals surface area (Å²) < 4.78 is 0. The summed E-state index contributed by atoms with van der Waals surface area (Å²) in [6.45, 7) is 2.15. The molecule has 0 aliphatic rings. The summed E-state index contributed by atoms with van der Waals surface area (Å²) in [4.78, 5) is 15.5. The lowest BCUT2D eigenvalue weighted by Crippen LogP contribution is -2.10. The van der Waals surface area contributed by atoms with Gasteiger partial charge in [0, 0.05) is 28.6 Å². The number of benzene rings is 1. The lowest BCUT2D eigenvalue weighted by molar-refractivity contribution is -0.116. The fraction of sp³-hybridized carbons (Fsp3) is 0.571. The monoisotopic (exact) mass is 406 g/mol. The average Bonchev–Trinajstić information content (AvgIpc) is 3.00. The fourth-order valence-electron chi connectivity index (χ4n) is 3.10. The van der Waals surface area contributed by atoms with Crippen LogP contribution in [0.1, 0.15) is 70.4 Å². The molecule has 1 aromatic carbocycles. The van der Waals surface area contributed by atoms with E-state index in [2.05, 4.69) is 45.3 Å². The van der Waals surface area contributed by atoms with Crippen LogP contribution < -0.4 is 5.32 Å². The van der Waals surface area contributed by atoms with Gasteiger partial charge < -0.3 is 10.3 Å². The number of carbonyl (C=O) groups excluding carboxylic acids is 1. The second kappa shape index (κ2) is 11.3. The molecule has 2 rings (SSSR count). The standard InChI is InChI=1S/C21H31BrN2O/c1-2-3-7-11-21(25)24-19-13-12-17-15-18(23-20(17)16-19)10-8-5-4-6-9-14-22/h12-13,15-16,23H,2-11,14H2,1H3,(H,24,25). The maximum atomic E-state index is 12.0. The molecule has 0 fully saturated rings. The van der Waals surface area contributed by atoms with Gasteiger partial charge in [0.1, 0.15) is 0 Å². The third kappa shape index (κ3) is 7.23. The van der Waals surface area contributed by atoms with Crippen molar-refractivity contribution in [3.05, 3.63) is 30.0 Å². The van der Waals surface area contributed by atoms with Crippen molar-refractivity contribution in [3.8, 4) is 0 Å². The lowest BCUT2D eigenvalue weighted by atomic mass is 10.1. The van der Waals surface area contributed by atoms with Crippen LogP contribution in [0.2, 0.25) is 0 Å². The fourth-order valence-corrected chi connectivity index (χ4v) is 3.50. The topological polar surface area (TPSA) is 44.9 Å². The number of hydrogen-bond acceptors (Lipinski definition) is 1.